The fourth-order valence-electron chi connectivity index (χ4n) is 2.05. The van der Waals surface area contributed by atoms with Crippen molar-refractivity contribution in [3.8, 4) is 16.9 Å². The second-order valence-electron chi connectivity index (χ2n) is 4.05. The van der Waals surface area contributed by atoms with Crippen LogP contribution in [-0.2, 0) is 0 Å². The molecule has 0 saturated carbocycles. The predicted octanol–water partition coefficient (Wildman–Crippen LogP) is 4.85. The molecule has 0 radical (unpaired) electrons. The maximum Gasteiger partial charge on any atom is 0.115 e. The lowest BCUT2D eigenvalue weighted by molar-refractivity contribution is 0.475. The van der Waals surface area contributed by atoms with Crippen molar-refractivity contribution in [3.05, 3.63) is 52.6 Å². The molecule has 3 rings (SSSR count). The number of benzene rings is 2. The van der Waals surface area contributed by atoms with Gasteiger partial charge in [0.25, 0.3) is 0 Å². The molecule has 4 heteroatoms. The number of H-pyrrole nitrogens is 1. The van der Waals surface area contributed by atoms with Gasteiger partial charge in [-0.1, -0.05) is 41.4 Å². The first kappa shape index (κ1) is 11.5. The molecule has 0 spiro atoms. The van der Waals surface area contributed by atoms with Gasteiger partial charge in [-0.25, -0.2) is 0 Å². The highest BCUT2D eigenvalue weighted by atomic mass is 35.5. The number of aromatic amines is 1. The zero-order valence-electron chi connectivity index (χ0n) is 9.24. The Morgan fingerprint density at radius 1 is 0.944 bits per heavy atom. The van der Waals surface area contributed by atoms with Crippen LogP contribution in [0, 0.1) is 0 Å². The molecular formula is C14H9Cl2NO. The van der Waals surface area contributed by atoms with E-state index in [0.29, 0.717) is 10.2 Å². The minimum Gasteiger partial charge on any atom is -0.508 e. The molecule has 90 valence electrons. The zero-order chi connectivity index (χ0) is 12.7. The summed E-state index contributed by atoms with van der Waals surface area (Å²) in [6.07, 6.45) is 0. The van der Waals surface area contributed by atoms with Crippen molar-refractivity contribution in [3.63, 3.8) is 0 Å². The Morgan fingerprint density at radius 3 is 2.39 bits per heavy atom. The van der Waals surface area contributed by atoms with Crippen molar-refractivity contribution in [2.45, 2.75) is 0 Å². The number of aromatic nitrogens is 1. The van der Waals surface area contributed by atoms with Gasteiger partial charge in [-0.15, -0.1) is 0 Å². The molecule has 0 saturated heterocycles. The lowest BCUT2D eigenvalue weighted by Gasteiger charge is -2.01. The van der Waals surface area contributed by atoms with Crippen molar-refractivity contribution in [2.75, 3.05) is 0 Å². The maximum absolute atomic E-state index is 9.31. The Bertz CT molecular complexity index is 716. The Hall–Kier alpha value is -1.64. The SMILES string of the molecule is Oc1ccc(-c2c(Cl)[nH]c3cc(Cl)ccc23)cc1. The van der Waals surface area contributed by atoms with Gasteiger partial charge in [0, 0.05) is 21.5 Å². The Labute approximate surface area is 114 Å². The average molecular weight is 278 g/mol. The monoisotopic (exact) mass is 277 g/mol. The van der Waals surface area contributed by atoms with Gasteiger partial charge in [0.05, 0.1) is 0 Å². The third kappa shape index (κ3) is 1.84. The molecule has 0 fully saturated rings. The number of fused-ring (bicyclic) bond motifs is 1. The van der Waals surface area contributed by atoms with Crippen molar-refractivity contribution in [1.82, 2.24) is 4.98 Å². The number of nitrogens with one attached hydrogen (secondary N) is 1. The van der Waals surface area contributed by atoms with E-state index in [1.54, 1.807) is 12.1 Å². The number of phenolic OH excluding ortho intramolecular Hbond substituents is 1. The van der Waals surface area contributed by atoms with Gasteiger partial charge in [0.2, 0.25) is 0 Å². The van der Waals surface area contributed by atoms with Crippen LogP contribution in [0.25, 0.3) is 22.0 Å². The van der Waals surface area contributed by atoms with Crippen LogP contribution in [0.1, 0.15) is 0 Å². The van der Waals surface area contributed by atoms with Gasteiger partial charge < -0.3 is 10.1 Å². The molecule has 1 aromatic heterocycles. The first-order valence-corrected chi connectivity index (χ1v) is 6.17. The minimum atomic E-state index is 0.234. The summed E-state index contributed by atoms with van der Waals surface area (Å²) in [5, 5.41) is 11.6. The van der Waals surface area contributed by atoms with E-state index in [1.807, 2.05) is 30.3 Å². The highest BCUT2D eigenvalue weighted by Crippen LogP contribution is 2.36. The fraction of sp³-hybridized carbons (Fsp3) is 0. The second kappa shape index (κ2) is 4.23. The Kier molecular flexibility index (Phi) is 2.69. The molecule has 0 unspecified atom stereocenters. The maximum atomic E-state index is 9.31. The third-order valence-electron chi connectivity index (χ3n) is 2.87. The summed E-state index contributed by atoms with van der Waals surface area (Å²) in [5.74, 6) is 0.234. The first-order valence-electron chi connectivity index (χ1n) is 5.41. The molecule has 1 heterocycles. The van der Waals surface area contributed by atoms with E-state index in [-0.39, 0.29) is 5.75 Å². The zero-order valence-corrected chi connectivity index (χ0v) is 10.8. The normalized spacial score (nSPS) is 11.0. The number of hydrogen-bond donors (Lipinski definition) is 2. The highest BCUT2D eigenvalue weighted by molar-refractivity contribution is 6.35. The van der Waals surface area contributed by atoms with Crippen LogP contribution in [0.4, 0.5) is 0 Å². The summed E-state index contributed by atoms with van der Waals surface area (Å²) in [6.45, 7) is 0. The lowest BCUT2D eigenvalue weighted by atomic mass is 10.0. The van der Waals surface area contributed by atoms with Crippen LogP contribution in [0.15, 0.2) is 42.5 Å². The van der Waals surface area contributed by atoms with Crippen molar-refractivity contribution in [1.29, 1.82) is 0 Å². The molecule has 2 N–H and O–H groups in total. The third-order valence-corrected chi connectivity index (χ3v) is 3.39. The summed E-state index contributed by atoms with van der Waals surface area (Å²) in [7, 11) is 0. The summed E-state index contributed by atoms with van der Waals surface area (Å²) in [5.41, 5.74) is 2.77. The van der Waals surface area contributed by atoms with Gasteiger partial charge in [-0.05, 0) is 29.8 Å². The number of rotatable bonds is 1. The van der Waals surface area contributed by atoms with Gasteiger partial charge >= 0.3 is 0 Å². The Morgan fingerprint density at radius 2 is 1.67 bits per heavy atom. The second-order valence-corrected chi connectivity index (χ2v) is 4.87. The molecule has 0 atom stereocenters. The Balaban J connectivity index is 2.28. The van der Waals surface area contributed by atoms with Crippen LogP contribution in [0.3, 0.4) is 0 Å². The summed E-state index contributed by atoms with van der Waals surface area (Å²) in [4.78, 5) is 3.10. The van der Waals surface area contributed by atoms with Gasteiger partial charge in [-0.2, -0.15) is 0 Å². The molecule has 2 nitrogen and oxygen atoms in total. The van der Waals surface area contributed by atoms with E-state index < -0.39 is 0 Å². The fourth-order valence-corrected chi connectivity index (χ4v) is 2.53. The predicted molar refractivity (Wildman–Crippen MR) is 75.4 cm³/mol. The van der Waals surface area contributed by atoms with Gasteiger partial charge in [0.15, 0.2) is 0 Å². The summed E-state index contributed by atoms with van der Waals surface area (Å²) in [6, 6.07) is 12.5. The summed E-state index contributed by atoms with van der Waals surface area (Å²) < 4.78 is 0. The quantitative estimate of drug-likeness (QED) is 0.656. The van der Waals surface area contributed by atoms with Gasteiger partial charge in [-0.3, -0.25) is 0 Å². The van der Waals surface area contributed by atoms with E-state index in [4.69, 9.17) is 23.2 Å². The smallest absolute Gasteiger partial charge is 0.115 e. The van der Waals surface area contributed by atoms with Crippen LogP contribution in [-0.4, -0.2) is 10.1 Å². The van der Waals surface area contributed by atoms with Crippen LogP contribution in [0.2, 0.25) is 10.2 Å². The molecule has 18 heavy (non-hydrogen) atoms. The number of phenols is 1. The highest BCUT2D eigenvalue weighted by Gasteiger charge is 2.12. The van der Waals surface area contributed by atoms with Crippen LogP contribution < -0.4 is 0 Å². The van der Waals surface area contributed by atoms with E-state index in [1.165, 1.54) is 0 Å². The molecule has 0 bridgehead atoms. The van der Waals surface area contributed by atoms with Gasteiger partial charge in [0.1, 0.15) is 10.9 Å². The number of aromatic hydroxyl groups is 1. The molecule has 3 aromatic rings. The van der Waals surface area contributed by atoms with Crippen LogP contribution >= 0.6 is 23.2 Å². The van der Waals surface area contributed by atoms with E-state index >= 15 is 0 Å². The summed E-state index contributed by atoms with van der Waals surface area (Å²) >= 11 is 12.2. The average Bonchev–Trinajstić information content (AvgIpc) is 2.65. The molecule has 0 aliphatic heterocycles. The first-order chi connectivity index (χ1) is 8.65. The molecular weight excluding hydrogens is 269 g/mol. The van der Waals surface area contributed by atoms with Crippen molar-refractivity contribution in [2.24, 2.45) is 0 Å². The molecule has 0 aliphatic carbocycles. The standard InChI is InChI=1S/C14H9Cl2NO/c15-9-3-6-11-12(7-9)17-14(16)13(11)8-1-4-10(18)5-2-8/h1-7,17-18H. The molecule has 0 amide bonds. The number of halogens is 2. The van der Waals surface area contributed by atoms with E-state index in [2.05, 4.69) is 4.98 Å². The van der Waals surface area contributed by atoms with Crippen LogP contribution in [0.5, 0.6) is 5.75 Å². The van der Waals surface area contributed by atoms with Crippen molar-refractivity contribution < 1.29 is 5.11 Å². The number of hydrogen-bond acceptors (Lipinski definition) is 1. The lowest BCUT2D eigenvalue weighted by Crippen LogP contribution is -1.76. The molecule has 2 aromatic carbocycles. The van der Waals surface area contributed by atoms with Crippen molar-refractivity contribution >= 4 is 34.1 Å². The molecule has 0 aliphatic rings. The largest absolute Gasteiger partial charge is 0.508 e. The topological polar surface area (TPSA) is 36.0 Å². The van der Waals surface area contributed by atoms with E-state index in [9.17, 15) is 5.11 Å². The van der Waals surface area contributed by atoms with E-state index in [0.717, 1.165) is 22.0 Å². The minimum absolute atomic E-state index is 0.234.